The molecule has 3 rings (SSSR count). The van der Waals surface area contributed by atoms with Crippen LogP contribution in [0.1, 0.15) is 19.5 Å². The molecule has 3 aromatic heterocycles. The standard InChI is InChI=1S/C18H20F3N9/c1-10(2)9-25-15-28-16(26-11-3-5-23-13(7-11)18(19,20)21)30-17(29-15)27-12-4-6-24-14(22)8-12/h3-8,10H,9H2,1-2H3,(H5,22,23,24,25,26,27,28,29,30). The molecule has 0 aliphatic rings. The topological polar surface area (TPSA) is 127 Å². The summed E-state index contributed by atoms with van der Waals surface area (Å²) in [7, 11) is 0. The first-order valence-corrected chi connectivity index (χ1v) is 8.98. The van der Waals surface area contributed by atoms with Crippen molar-refractivity contribution in [1.82, 2.24) is 24.9 Å². The van der Waals surface area contributed by atoms with Crippen LogP contribution in [0, 0.1) is 5.92 Å². The van der Waals surface area contributed by atoms with E-state index in [-0.39, 0.29) is 23.5 Å². The summed E-state index contributed by atoms with van der Waals surface area (Å²) >= 11 is 0. The van der Waals surface area contributed by atoms with E-state index in [1.54, 1.807) is 12.1 Å². The molecule has 0 amide bonds. The second-order valence-electron chi connectivity index (χ2n) is 6.73. The second kappa shape index (κ2) is 8.76. The molecule has 0 atom stereocenters. The Labute approximate surface area is 170 Å². The fourth-order valence-electron chi connectivity index (χ4n) is 2.31. The third kappa shape index (κ3) is 5.90. The molecular weight excluding hydrogens is 399 g/mol. The van der Waals surface area contributed by atoms with E-state index in [4.69, 9.17) is 5.73 Å². The van der Waals surface area contributed by atoms with Crippen LogP contribution in [-0.4, -0.2) is 31.5 Å². The normalized spacial score (nSPS) is 11.4. The van der Waals surface area contributed by atoms with Gasteiger partial charge in [0.25, 0.3) is 0 Å². The maximum atomic E-state index is 12.9. The molecule has 158 valence electrons. The molecule has 5 N–H and O–H groups in total. The van der Waals surface area contributed by atoms with E-state index in [1.807, 2.05) is 13.8 Å². The van der Waals surface area contributed by atoms with Crippen molar-refractivity contribution in [2.45, 2.75) is 20.0 Å². The van der Waals surface area contributed by atoms with Crippen LogP contribution in [0.4, 0.5) is 48.2 Å². The van der Waals surface area contributed by atoms with Gasteiger partial charge in [0.1, 0.15) is 11.5 Å². The first-order chi connectivity index (χ1) is 14.2. The molecular formula is C18H20F3N9. The maximum absolute atomic E-state index is 12.9. The number of halogens is 3. The number of alkyl halides is 3. The third-order valence-electron chi connectivity index (χ3n) is 3.65. The zero-order chi connectivity index (χ0) is 21.7. The van der Waals surface area contributed by atoms with Gasteiger partial charge >= 0.3 is 6.18 Å². The largest absolute Gasteiger partial charge is 0.433 e. The Kier molecular flexibility index (Phi) is 6.14. The van der Waals surface area contributed by atoms with Gasteiger partial charge in [0, 0.05) is 36.4 Å². The SMILES string of the molecule is CC(C)CNc1nc(Nc2ccnc(N)c2)nc(Nc2ccnc(C(F)(F)F)c2)n1. The van der Waals surface area contributed by atoms with Crippen molar-refractivity contribution < 1.29 is 13.2 Å². The highest BCUT2D eigenvalue weighted by molar-refractivity contribution is 5.60. The molecule has 0 aromatic carbocycles. The molecule has 0 bridgehead atoms. The number of hydrogen-bond acceptors (Lipinski definition) is 9. The van der Waals surface area contributed by atoms with Gasteiger partial charge in [-0.25, -0.2) is 4.98 Å². The van der Waals surface area contributed by atoms with Gasteiger partial charge in [0.2, 0.25) is 17.8 Å². The zero-order valence-electron chi connectivity index (χ0n) is 16.2. The zero-order valence-corrected chi connectivity index (χ0v) is 16.2. The van der Waals surface area contributed by atoms with Crippen LogP contribution in [0.15, 0.2) is 36.7 Å². The van der Waals surface area contributed by atoms with E-state index in [2.05, 4.69) is 40.9 Å². The number of nitrogen functional groups attached to an aromatic ring is 1. The van der Waals surface area contributed by atoms with Gasteiger partial charge in [-0.15, -0.1) is 0 Å². The fraction of sp³-hybridized carbons (Fsp3) is 0.278. The summed E-state index contributed by atoms with van der Waals surface area (Å²) in [4.78, 5) is 20.0. The molecule has 0 unspecified atom stereocenters. The molecule has 0 spiro atoms. The summed E-state index contributed by atoms with van der Waals surface area (Å²) in [5, 5.41) is 8.81. The van der Waals surface area contributed by atoms with E-state index in [0.717, 1.165) is 12.3 Å². The summed E-state index contributed by atoms with van der Waals surface area (Å²) in [6.07, 6.45) is -1.98. The van der Waals surface area contributed by atoms with Crippen molar-refractivity contribution >= 4 is 35.0 Å². The number of pyridine rings is 2. The average Bonchev–Trinajstić information content (AvgIpc) is 2.66. The van der Waals surface area contributed by atoms with E-state index in [0.29, 0.717) is 24.0 Å². The first-order valence-electron chi connectivity index (χ1n) is 8.98. The van der Waals surface area contributed by atoms with Crippen LogP contribution in [0.3, 0.4) is 0 Å². The number of nitrogens with one attached hydrogen (secondary N) is 3. The molecule has 0 saturated heterocycles. The fourth-order valence-corrected chi connectivity index (χ4v) is 2.31. The highest BCUT2D eigenvalue weighted by atomic mass is 19.4. The molecule has 9 nitrogen and oxygen atoms in total. The number of nitrogens with two attached hydrogens (primary N) is 1. The number of aromatic nitrogens is 5. The predicted octanol–water partition coefficient (Wildman–Crippen LogP) is 3.82. The van der Waals surface area contributed by atoms with Crippen LogP contribution < -0.4 is 21.7 Å². The van der Waals surface area contributed by atoms with E-state index in [9.17, 15) is 13.2 Å². The van der Waals surface area contributed by atoms with Crippen molar-refractivity contribution in [1.29, 1.82) is 0 Å². The quantitative estimate of drug-likeness (QED) is 0.452. The molecule has 30 heavy (non-hydrogen) atoms. The number of rotatable bonds is 7. The van der Waals surface area contributed by atoms with Crippen LogP contribution in [-0.2, 0) is 6.18 Å². The minimum absolute atomic E-state index is 0.0557. The Morgan fingerprint density at radius 3 is 2.03 bits per heavy atom. The Morgan fingerprint density at radius 1 is 0.900 bits per heavy atom. The van der Waals surface area contributed by atoms with Crippen LogP contribution in [0.5, 0.6) is 0 Å². The lowest BCUT2D eigenvalue weighted by Gasteiger charge is -2.13. The molecule has 0 fully saturated rings. The summed E-state index contributed by atoms with van der Waals surface area (Å²) in [6, 6.07) is 5.53. The summed E-state index contributed by atoms with van der Waals surface area (Å²) < 4.78 is 38.8. The smallest absolute Gasteiger partial charge is 0.384 e. The van der Waals surface area contributed by atoms with Crippen molar-refractivity contribution in [3.63, 3.8) is 0 Å². The van der Waals surface area contributed by atoms with Gasteiger partial charge in [-0.05, 0) is 24.1 Å². The first kappa shape index (κ1) is 21.0. The second-order valence-corrected chi connectivity index (χ2v) is 6.73. The summed E-state index contributed by atoms with van der Waals surface area (Å²) in [5.41, 5.74) is 5.39. The third-order valence-corrected chi connectivity index (χ3v) is 3.65. The lowest BCUT2D eigenvalue weighted by Crippen LogP contribution is -2.14. The lowest BCUT2D eigenvalue weighted by molar-refractivity contribution is -0.141. The van der Waals surface area contributed by atoms with Gasteiger partial charge in [0.05, 0.1) is 0 Å². The molecule has 0 aliphatic heterocycles. The minimum atomic E-state index is -4.56. The number of anilines is 6. The summed E-state index contributed by atoms with van der Waals surface area (Å²) in [6.45, 7) is 4.63. The lowest BCUT2D eigenvalue weighted by atomic mass is 10.2. The minimum Gasteiger partial charge on any atom is -0.384 e. The monoisotopic (exact) mass is 419 g/mol. The van der Waals surface area contributed by atoms with Gasteiger partial charge in [-0.3, -0.25) is 4.98 Å². The molecule has 0 radical (unpaired) electrons. The molecule has 0 saturated carbocycles. The Bertz CT molecular complexity index is 1010. The predicted molar refractivity (Wildman–Crippen MR) is 108 cm³/mol. The Balaban J connectivity index is 1.89. The van der Waals surface area contributed by atoms with Gasteiger partial charge in [-0.2, -0.15) is 28.1 Å². The number of hydrogen-bond donors (Lipinski definition) is 4. The van der Waals surface area contributed by atoms with Crippen LogP contribution in [0.25, 0.3) is 0 Å². The molecule has 3 aromatic rings. The van der Waals surface area contributed by atoms with Crippen molar-refractivity contribution in [3.05, 3.63) is 42.4 Å². The van der Waals surface area contributed by atoms with Gasteiger partial charge in [0.15, 0.2) is 0 Å². The van der Waals surface area contributed by atoms with E-state index in [1.165, 1.54) is 12.3 Å². The van der Waals surface area contributed by atoms with Crippen molar-refractivity contribution in [2.75, 3.05) is 28.2 Å². The number of nitrogens with zero attached hydrogens (tertiary/aromatic N) is 5. The Hall–Kier alpha value is -3.70. The van der Waals surface area contributed by atoms with Crippen molar-refractivity contribution in [3.8, 4) is 0 Å². The highest BCUT2D eigenvalue weighted by Crippen LogP contribution is 2.29. The molecule has 12 heteroatoms. The average molecular weight is 419 g/mol. The van der Waals surface area contributed by atoms with Crippen LogP contribution in [0.2, 0.25) is 0 Å². The van der Waals surface area contributed by atoms with E-state index < -0.39 is 11.9 Å². The van der Waals surface area contributed by atoms with Gasteiger partial charge in [-0.1, -0.05) is 13.8 Å². The van der Waals surface area contributed by atoms with E-state index >= 15 is 0 Å². The van der Waals surface area contributed by atoms with Crippen LogP contribution >= 0.6 is 0 Å². The molecule has 0 aliphatic carbocycles. The Morgan fingerprint density at radius 2 is 1.47 bits per heavy atom. The summed E-state index contributed by atoms with van der Waals surface area (Å²) in [5.74, 6) is 1.12. The molecule has 3 heterocycles. The van der Waals surface area contributed by atoms with Gasteiger partial charge < -0.3 is 21.7 Å². The maximum Gasteiger partial charge on any atom is 0.433 e. The highest BCUT2D eigenvalue weighted by Gasteiger charge is 2.32. The van der Waals surface area contributed by atoms with Crippen molar-refractivity contribution in [2.24, 2.45) is 5.92 Å².